The summed E-state index contributed by atoms with van der Waals surface area (Å²) in [4.78, 5) is 39.3. The van der Waals surface area contributed by atoms with Crippen LogP contribution in [0.4, 0.5) is 0 Å². The molecule has 8 heteroatoms. The molecule has 1 atom stereocenters. The summed E-state index contributed by atoms with van der Waals surface area (Å²) in [5, 5.41) is 0. The van der Waals surface area contributed by atoms with E-state index in [1.54, 1.807) is 24.0 Å². The molecule has 1 unspecified atom stereocenters. The van der Waals surface area contributed by atoms with Crippen molar-refractivity contribution in [2.24, 2.45) is 0 Å². The van der Waals surface area contributed by atoms with Crippen LogP contribution in [0.1, 0.15) is 46.4 Å². The fraction of sp³-hybridized carbons (Fsp3) is 0.375. The highest BCUT2D eigenvalue weighted by atomic mass is 32.1. The number of carbonyl (C=O) groups excluding carboxylic acids is 1. The van der Waals surface area contributed by atoms with E-state index < -0.39 is 0 Å². The Balaban J connectivity index is 1.74. The van der Waals surface area contributed by atoms with Crippen LogP contribution in [0.25, 0.3) is 5.78 Å². The predicted octanol–water partition coefficient (Wildman–Crippen LogP) is 2.15. The van der Waals surface area contributed by atoms with E-state index in [9.17, 15) is 9.59 Å². The Kier molecular flexibility index (Phi) is 3.68. The monoisotopic (exact) mass is 343 g/mol. The molecule has 1 N–H and O–H groups in total. The lowest BCUT2D eigenvalue weighted by Crippen LogP contribution is -2.39. The molecule has 124 valence electrons. The second-order valence-corrected chi connectivity index (χ2v) is 6.82. The highest BCUT2D eigenvalue weighted by Crippen LogP contribution is 2.32. The first kappa shape index (κ1) is 15.1. The second kappa shape index (κ2) is 5.86. The normalized spacial score (nSPS) is 18.2. The second-order valence-electron chi connectivity index (χ2n) is 5.96. The van der Waals surface area contributed by atoms with Gasteiger partial charge in [-0.25, -0.2) is 9.97 Å². The third-order valence-electron chi connectivity index (χ3n) is 4.48. The molecule has 4 heterocycles. The third-order valence-corrected chi connectivity index (χ3v) is 5.39. The number of likely N-dealkylation sites (tertiary alicyclic amines) is 1. The molecule has 3 aromatic heterocycles. The molecule has 4 rings (SSSR count). The number of rotatable bonds is 2. The van der Waals surface area contributed by atoms with Crippen LogP contribution in [0.3, 0.4) is 0 Å². The van der Waals surface area contributed by atoms with E-state index in [0.717, 1.165) is 30.7 Å². The van der Waals surface area contributed by atoms with Crippen LogP contribution in [-0.4, -0.2) is 36.7 Å². The maximum atomic E-state index is 12.9. The van der Waals surface area contributed by atoms with Crippen LogP contribution < -0.4 is 5.56 Å². The largest absolute Gasteiger partial charge is 0.329 e. The Morgan fingerprint density at radius 3 is 3.04 bits per heavy atom. The average Bonchev–Trinajstić information content (AvgIpc) is 3.23. The summed E-state index contributed by atoms with van der Waals surface area (Å²) in [6.45, 7) is 2.53. The minimum atomic E-state index is -0.137. The van der Waals surface area contributed by atoms with E-state index in [0.29, 0.717) is 17.2 Å². The van der Waals surface area contributed by atoms with Crippen LogP contribution in [0, 0.1) is 6.92 Å². The first-order valence-electron chi connectivity index (χ1n) is 7.92. The van der Waals surface area contributed by atoms with Crippen LogP contribution in [-0.2, 0) is 0 Å². The molecule has 1 aliphatic heterocycles. The molecule has 7 nitrogen and oxygen atoms in total. The quantitative estimate of drug-likeness (QED) is 0.773. The SMILES string of the molecule is Cc1ncsc1C(=O)N1CCCCC1c1cc(=O)n2ccnc2[nH]1. The lowest BCUT2D eigenvalue weighted by molar-refractivity contribution is 0.0610. The number of H-pyrrole nitrogens is 1. The van der Waals surface area contributed by atoms with Gasteiger partial charge in [-0.2, -0.15) is 0 Å². The smallest absolute Gasteiger partial charge is 0.266 e. The number of fused-ring (bicyclic) bond motifs is 1. The van der Waals surface area contributed by atoms with Crippen molar-refractivity contribution in [3.05, 3.63) is 50.6 Å². The van der Waals surface area contributed by atoms with Crippen molar-refractivity contribution in [2.75, 3.05) is 6.54 Å². The van der Waals surface area contributed by atoms with Crippen LogP contribution in [0.15, 0.2) is 28.8 Å². The van der Waals surface area contributed by atoms with E-state index in [2.05, 4.69) is 15.0 Å². The van der Waals surface area contributed by atoms with Crippen molar-refractivity contribution in [2.45, 2.75) is 32.2 Å². The summed E-state index contributed by atoms with van der Waals surface area (Å²) >= 11 is 1.36. The van der Waals surface area contributed by atoms with Gasteiger partial charge >= 0.3 is 0 Å². The van der Waals surface area contributed by atoms with Crippen molar-refractivity contribution in [1.82, 2.24) is 24.3 Å². The molecule has 1 aliphatic rings. The molecule has 24 heavy (non-hydrogen) atoms. The Hall–Kier alpha value is -2.48. The van der Waals surface area contributed by atoms with E-state index in [-0.39, 0.29) is 17.5 Å². The fourth-order valence-corrected chi connectivity index (χ4v) is 4.01. The van der Waals surface area contributed by atoms with Gasteiger partial charge in [-0.3, -0.25) is 14.0 Å². The molecule has 1 fully saturated rings. The van der Waals surface area contributed by atoms with Gasteiger partial charge < -0.3 is 9.88 Å². The summed E-state index contributed by atoms with van der Waals surface area (Å²) in [5.41, 5.74) is 3.06. The van der Waals surface area contributed by atoms with Gasteiger partial charge in [-0.15, -0.1) is 11.3 Å². The number of imidazole rings is 1. The zero-order chi connectivity index (χ0) is 16.7. The number of carbonyl (C=O) groups is 1. The lowest BCUT2D eigenvalue weighted by Gasteiger charge is -2.35. The summed E-state index contributed by atoms with van der Waals surface area (Å²) in [5.74, 6) is 0.494. The number of amides is 1. The summed E-state index contributed by atoms with van der Waals surface area (Å²) in [6.07, 6.45) is 6.04. The van der Waals surface area contributed by atoms with E-state index in [1.165, 1.54) is 15.7 Å². The maximum Gasteiger partial charge on any atom is 0.266 e. The Morgan fingerprint density at radius 1 is 1.38 bits per heavy atom. The van der Waals surface area contributed by atoms with Crippen molar-refractivity contribution in [3.8, 4) is 0 Å². The lowest BCUT2D eigenvalue weighted by atomic mass is 9.98. The van der Waals surface area contributed by atoms with Crippen LogP contribution in [0.5, 0.6) is 0 Å². The van der Waals surface area contributed by atoms with Gasteiger partial charge in [-0.05, 0) is 26.2 Å². The number of hydrogen-bond acceptors (Lipinski definition) is 5. The van der Waals surface area contributed by atoms with Crippen molar-refractivity contribution in [3.63, 3.8) is 0 Å². The number of nitrogens with one attached hydrogen (secondary N) is 1. The van der Waals surface area contributed by atoms with Gasteiger partial charge in [0.2, 0.25) is 5.78 Å². The number of aromatic nitrogens is 4. The first-order valence-corrected chi connectivity index (χ1v) is 8.80. The molecule has 0 aromatic carbocycles. The zero-order valence-electron chi connectivity index (χ0n) is 13.2. The van der Waals surface area contributed by atoms with Gasteiger partial charge in [0, 0.05) is 30.7 Å². The van der Waals surface area contributed by atoms with Crippen molar-refractivity contribution < 1.29 is 4.79 Å². The summed E-state index contributed by atoms with van der Waals surface area (Å²) in [6, 6.07) is 1.44. The van der Waals surface area contributed by atoms with Crippen LogP contribution in [0.2, 0.25) is 0 Å². The van der Waals surface area contributed by atoms with Gasteiger partial charge in [-0.1, -0.05) is 0 Å². The van der Waals surface area contributed by atoms with E-state index in [4.69, 9.17) is 0 Å². The number of aromatic amines is 1. The summed E-state index contributed by atoms with van der Waals surface area (Å²) in [7, 11) is 0. The number of nitrogens with zero attached hydrogens (tertiary/aromatic N) is 4. The van der Waals surface area contributed by atoms with Gasteiger partial charge in [0.15, 0.2) is 0 Å². The molecule has 0 radical (unpaired) electrons. The topological polar surface area (TPSA) is 83.4 Å². The standard InChI is InChI=1S/C16H17N5O2S/c1-10-14(24-9-18-10)15(23)20-6-3-2-4-12(20)11-8-13(22)21-7-5-17-16(21)19-11/h5,7-9,12H,2-4,6H2,1H3,(H,17,19). The van der Waals surface area contributed by atoms with Gasteiger partial charge in [0.05, 0.1) is 17.2 Å². The van der Waals surface area contributed by atoms with Gasteiger partial charge in [0.25, 0.3) is 11.5 Å². The van der Waals surface area contributed by atoms with E-state index >= 15 is 0 Å². The highest BCUT2D eigenvalue weighted by Gasteiger charge is 2.31. The molecule has 1 saturated heterocycles. The first-order chi connectivity index (χ1) is 11.6. The molecule has 0 aliphatic carbocycles. The number of thiazole rings is 1. The zero-order valence-corrected chi connectivity index (χ0v) is 14.0. The van der Waals surface area contributed by atoms with E-state index in [1.807, 2.05) is 11.8 Å². The predicted molar refractivity (Wildman–Crippen MR) is 90.3 cm³/mol. The van der Waals surface area contributed by atoms with Crippen molar-refractivity contribution in [1.29, 1.82) is 0 Å². The van der Waals surface area contributed by atoms with Gasteiger partial charge in [0.1, 0.15) is 4.88 Å². The summed E-state index contributed by atoms with van der Waals surface area (Å²) < 4.78 is 1.46. The molecule has 0 saturated carbocycles. The molecular formula is C16H17N5O2S. The third kappa shape index (κ3) is 2.43. The Morgan fingerprint density at radius 2 is 2.25 bits per heavy atom. The minimum absolute atomic E-state index is 0.0104. The van der Waals surface area contributed by atoms with Crippen LogP contribution >= 0.6 is 11.3 Å². The molecule has 0 bridgehead atoms. The Bertz CT molecular complexity index is 957. The minimum Gasteiger partial charge on any atom is -0.329 e. The number of hydrogen-bond donors (Lipinski definition) is 1. The Labute approximate surface area is 142 Å². The number of aryl methyl sites for hydroxylation is 1. The molecular weight excluding hydrogens is 326 g/mol. The number of piperidine rings is 1. The fourth-order valence-electron chi connectivity index (χ4n) is 3.26. The maximum absolute atomic E-state index is 12.9. The highest BCUT2D eigenvalue weighted by molar-refractivity contribution is 7.11. The van der Waals surface area contributed by atoms with Crippen molar-refractivity contribution >= 4 is 23.0 Å². The molecule has 0 spiro atoms. The molecule has 3 aromatic rings. The average molecular weight is 343 g/mol. The molecule has 1 amide bonds.